The summed E-state index contributed by atoms with van der Waals surface area (Å²) in [6.45, 7) is 2.12. The van der Waals surface area contributed by atoms with E-state index in [4.69, 9.17) is 9.84 Å². The maximum Gasteiger partial charge on any atom is 0.407 e. The molecule has 2 aromatic rings. The molecule has 2 aliphatic carbocycles. The van der Waals surface area contributed by atoms with Gasteiger partial charge in [-0.1, -0.05) is 55.5 Å². The summed E-state index contributed by atoms with van der Waals surface area (Å²) >= 11 is 0. The number of amides is 2. The molecule has 1 atom stereocenters. The van der Waals surface area contributed by atoms with Gasteiger partial charge >= 0.3 is 12.1 Å². The van der Waals surface area contributed by atoms with E-state index in [1.54, 1.807) is 14.0 Å². The Hall–Kier alpha value is -3.35. The van der Waals surface area contributed by atoms with Gasteiger partial charge in [0.15, 0.2) is 0 Å². The van der Waals surface area contributed by atoms with E-state index in [9.17, 15) is 14.4 Å². The van der Waals surface area contributed by atoms with Crippen LogP contribution in [-0.2, 0) is 14.3 Å². The number of hydrogen-bond acceptors (Lipinski definition) is 4. The average molecular weight is 437 g/mol. The van der Waals surface area contributed by atoms with Crippen LogP contribution in [0.5, 0.6) is 0 Å². The van der Waals surface area contributed by atoms with Crippen LogP contribution in [0.1, 0.15) is 36.8 Å². The number of nitrogens with zero attached hydrogens (tertiary/aromatic N) is 1. The Kier molecular flexibility index (Phi) is 5.91. The molecule has 4 rings (SSSR count). The van der Waals surface area contributed by atoms with E-state index in [2.05, 4.69) is 29.6 Å². The standard InChI is InChI=1S/C25H28N2O5/c1-16(22(28)29)13-27(2)23(30)25(11-12-25)15-26-24(31)32-14-21-19-9-5-3-7-17(19)18-8-4-6-10-20(18)21/h3-10,16,21H,11-15H2,1-2H3,(H,26,31)(H,28,29). The van der Waals surface area contributed by atoms with Gasteiger partial charge in [0.05, 0.1) is 11.3 Å². The second-order valence-corrected chi connectivity index (χ2v) is 8.88. The number of aliphatic carboxylic acids is 1. The maximum atomic E-state index is 12.8. The van der Waals surface area contributed by atoms with Crippen LogP contribution in [0.2, 0.25) is 0 Å². The van der Waals surface area contributed by atoms with E-state index in [1.807, 2.05) is 24.3 Å². The average Bonchev–Trinajstić information content (AvgIpc) is 3.52. The van der Waals surface area contributed by atoms with Gasteiger partial charge in [-0.2, -0.15) is 0 Å². The number of nitrogens with one attached hydrogen (secondary N) is 1. The van der Waals surface area contributed by atoms with Crippen molar-refractivity contribution < 1.29 is 24.2 Å². The molecule has 2 amide bonds. The Morgan fingerprint density at radius 1 is 1.09 bits per heavy atom. The van der Waals surface area contributed by atoms with Gasteiger partial charge in [0.1, 0.15) is 6.61 Å². The second kappa shape index (κ2) is 8.65. The number of benzene rings is 2. The Morgan fingerprint density at radius 2 is 1.66 bits per heavy atom. The predicted octanol–water partition coefficient (Wildman–Crippen LogP) is 3.48. The van der Waals surface area contributed by atoms with Crippen molar-refractivity contribution in [3.05, 3.63) is 59.7 Å². The van der Waals surface area contributed by atoms with Crippen LogP contribution in [0.3, 0.4) is 0 Å². The van der Waals surface area contributed by atoms with Crippen LogP contribution in [-0.4, -0.2) is 54.7 Å². The van der Waals surface area contributed by atoms with Crippen LogP contribution in [0.15, 0.2) is 48.5 Å². The molecule has 0 aliphatic heterocycles. The molecule has 0 heterocycles. The van der Waals surface area contributed by atoms with Gasteiger partial charge in [-0.15, -0.1) is 0 Å². The van der Waals surface area contributed by atoms with Crippen LogP contribution in [0.25, 0.3) is 11.1 Å². The third kappa shape index (κ3) is 4.20. The third-order valence-electron chi connectivity index (χ3n) is 6.54. The fourth-order valence-corrected chi connectivity index (χ4v) is 4.48. The minimum Gasteiger partial charge on any atom is -0.481 e. The molecule has 1 unspecified atom stereocenters. The number of rotatable bonds is 8. The summed E-state index contributed by atoms with van der Waals surface area (Å²) in [6, 6.07) is 16.3. The molecular weight excluding hydrogens is 408 g/mol. The normalized spacial score (nSPS) is 16.4. The predicted molar refractivity (Wildman–Crippen MR) is 119 cm³/mol. The summed E-state index contributed by atoms with van der Waals surface area (Å²) in [6.07, 6.45) is 0.787. The first-order valence-corrected chi connectivity index (χ1v) is 10.9. The lowest BCUT2D eigenvalue weighted by atomic mass is 9.98. The van der Waals surface area contributed by atoms with Gasteiger partial charge in [0.25, 0.3) is 0 Å². The molecule has 1 fully saturated rings. The number of carboxylic acids is 1. The van der Waals surface area contributed by atoms with Crippen molar-refractivity contribution in [2.75, 3.05) is 26.7 Å². The highest BCUT2D eigenvalue weighted by atomic mass is 16.5. The lowest BCUT2D eigenvalue weighted by Gasteiger charge is -2.25. The van der Waals surface area contributed by atoms with E-state index >= 15 is 0 Å². The number of hydrogen-bond donors (Lipinski definition) is 2. The summed E-state index contributed by atoms with van der Waals surface area (Å²) < 4.78 is 5.55. The molecule has 7 nitrogen and oxygen atoms in total. The van der Waals surface area contributed by atoms with E-state index in [-0.39, 0.29) is 31.5 Å². The van der Waals surface area contributed by atoms with Gasteiger partial charge in [0.2, 0.25) is 5.91 Å². The molecule has 0 aromatic heterocycles. The SMILES string of the molecule is CC(CN(C)C(=O)C1(CNC(=O)OCC2c3ccccc3-c3ccccc32)CC1)C(=O)O. The molecular formula is C25H28N2O5. The molecule has 168 valence electrons. The van der Waals surface area contributed by atoms with Crippen LogP contribution < -0.4 is 5.32 Å². The highest BCUT2D eigenvalue weighted by Gasteiger charge is 2.51. The summed E-state index contributed by atoms with van der Waals surface area (Å²) in [5.41, 5.74) is 3.96. The van der Waals surface area contributed by atoms with Crippen LogP contribution in [0, 0.1) is 11.3 Å². The summed E-state index contributed by atoms with van der Waals surface area (Å²) in [5.74, 6) is -1.74. The Labute approximate surface area is 187 Å². The number of carbonyl (C=O) groups excluding carboxylic acids is 2. The molecule has 0 saturated heterocycles. The number of carbonyl (C=O) groups is 3. The van der Waals surface area contributed by atoms with Crippen molar-refractivity contribution in [3.8, 4) is 11.1 Å². The highest BCUT2D eigenvalue weighted by Crippen LogP contribution is 2.47. The van der Waals surface area contributed by atoms with Gasteiger partial charge in [-0.25, -0.2) is 4.79 Å². The minimum atomic E-state index is -0.939. The maximum absolute atomic E-state index is 12.8. The Bertz CT molecular complexity index is 1000. The van der Waals surface area contributed by atoms with Crippen molar-refractivity contribution in [3.63, 3.8) is 0 Å². The van der Waals surface area contributed by atoms with Crippen molar-refractivity contribution in [1.29, 1.82) is 0 Å². The quantitative estimate of drug-likeness (QED) is 0.661. The van der Waals surface area contributed by atoms with Crippen molar-refractivity contribution in [1.82, 2.24) is 10.2 Å². The first kappa shape index (κ1) is 21.9. The van der Waals surface area contributed by atoms with Crippen molar-refractivity contribution in [2.24, 2.45) is 11.3 Å². The van der Waals surface area contributed by atoms with Gasteiger partial charge < -0.3 is 20.1 Å². The van der Waals surface area contributed by atoms with E-state index in [1.165, 1.54) is 16.0 Å². The van der Waals surface area contributed by atoms with Crippen molar-refractivity contribution >= 4 is 18.0 Å². The van der Waals surface area contributed by atoms with E-state index in [0.717, 1.165) is 11.1 Å². The molecule has 32 heavy (non-hydrogen) atoms. The molecule has 0 bridgehead atoms. The largest absolute Gasteiger partial charge is 0.481 e. The first-order valence-electron chi connectivity index (χ1n) is 10.9. The first-order chi connectivity index (χ1) is 15.3. The lowest BCUT2D eigenvalue weighted by Crippen LogP contribution is -2.43. The van der Waals surface area contributed by atoms with Crippen LogP contribution in [0.4, 0.5) is 4.79 Å². The van der Waals surface area contributed by atoms with Gasteiger partial charge in [0, 0.05) is 26.1 Å². The topological polar surface area (TPSA) is 95.9 Å². The van der Waals surface area contributed by atoms with Gasteiger partial charge in [-0.3, -0.25) is 9.59 Å². The lowest BCUT2D eigenvalue weighted by molar-refractivity contribution is -0.143. The molecule has 2 N–H and O–H groups in total. The number of fused-ring (bicyclic) bond motifs is 3. The molecule has 7 heteroatoms. The summed E-state index contributed by atoms with van der Waals surface area (Å²) in [5, 5.41) is 11.8. The van der Waals surface area contributed by atoms with Crippen LogP contribution >= 0.6 is 0 Å². The smallest absolute Gasteiger partial charge is 0.407 e. The number of alkyl carbamates (subject to hydrolysis) is 1. The monoisotopic (exact) mass is 436 g/mol. The Morgan fingerprint density at radius 3 is 2.19 bits per heavy atom. The second-order valence-electron chi connectivity index (χ2n) is 8.88. The number of ether oxygens (including phenoxy) is 1. The van der Waals surface area contributed by atoms with Crippen molar-refractivity contribution in [2.45, 2.75) is 25.7 Å². The summed E-state index contributed by atoms with van der Waals surface area (Å²) in [7, 11) is 1.61. The van der Waals surface area contributed by atoms with E-state index < -0.39 is 23.4 Å². The fourth-order valence-electron chi connectivity index (χ4n) is 4.48. The zero-order chi connectivity index (χ0) is 22.9. The van der Waals surface area contributed by atoms with Gasteiger partial charge in [-0.05, 0) is 35.1 Å². The minimum absolute atomic E-state index is 0.0201. The molecule has 0 radical (unpaired) electrons. The zero-order valence-electron chi connectivity index (χ0n) is 18.3. The molecule has 2 aromatic carbocycles. The summed E-state index contributed by atoms with van der Waals surface area (Å²) in [4.78, 5) is 37.7. The number of carboxylic acid groups (broad SMARTS) is 1. The molecule has 0 spiro atoms. The zero-order valence-corrected chi connectivity index (χ0v) is 18.3. The third-order valence-corrected chi connectivity index (χ3v) is 6.54. The fraction of sp³-hybridized carbons (Fsp3) is 0.400. The highest BCUT2D eigenvalue weighted by molar-refractivity contribution is 5.86. The molecule has 2 aliphatic rings. The van der Waals surface area contributed by atoms with E-state index in [0.29, 0.717) is 12.8 Å². The Balaban J connectivity index is 1.32. The molecule has 1 saturated carbocycles.